The standard InChI is InChI=1S/C10H19I2NO4/c11-2-1-4-15-6-8-17-9-7-16-5-3-13-10(12)14/h1-9H2,(H,13,14). The normalized spacial score (nSPS) is 10.5. The minimum atomic E-state index is -0.0638. The molecule has 7 heteroatoms. The molecule has 0 aromatic carbocycles. The van der Waals surface area contributed by atoms with Gasteiger partial charge < -0.3 is 19.5 Å². The molecule has 0 aromatic rings. The van der Waals surface area contributed by atoms with Crippen LogP contribution in [0, 0.1) is 0 Å². The van der Waals surface area contributed by atoms with Crippen molar-refractivity contribution < 1.29 is 19.0 Å². The molecule has 0 saturated heterocycles. The third kappa shape index (κ3) is 16.8. The molecule has 0 radical (unpaired) electrons. The summed E-state index contributed by atoms with van der Waals surface area (Å²) in [6.45, 7) is 4.22. The van der Waals surface area contributed by atoms with E-state index in [2.05, 4.69) is 27.9 Å². The van der Waals surface area contributed by atoms with E-state index in [0.29, 0.717) is 39.6 Å². The summed E-state index contributed by atoms with van der Waals surface area (Å²) in [5.74, 6) is 0. The van der Waals surface area contributed by atoms with Crippen LogP contribution in [0.3, 0.4) is 0 Å². The van der Waals surface area contributed by atoms with Crippen molar-refractivity contribution >= 4 is 49.1 Å². The average molecular weight is 471 g/mol. The van der Waals surface area contributed by atoms with Gasteiger partial charge in [-0.05, 0) is 6.42 Å². The van der Waals surface area contributed by atoms with Gasteiger partial charge in [0.25, 0.3) is 3.91 Å². The van der Waals surface area contributed by atoms with Crippen molar-refractivity contribution in [1.82, 2.24) is 5.32 Å². The average Bonchev–Trinajstić information content (AvgIpc) is 2.30. The number of alkyl halides is 1. The van der Waals surface area contributed by atoms with Crippen LogP contribution in [0.2, 0.25) is 0 Å². The Morgan fingerprint density at radius 3 is 2.00 bits per heavy atom. The lowest BCUT2D eigenvalue weighted by Gasteiger charge is -2.06. The number of amides is 1. The zero-order chi connectivity index (χ0) is 12.8. The van der Waals surface area contributed by atoms with Gasteiger partial charge in [0.1, 0.15) is 0 Å². The Morgan fingerprint density at radius 2 is 1.47 bits per heavy atom. The van der Waals surface area contributed by atoms with Crippen LogP contribution in [0.25, 0.3) is 0 Å². The molecular weight excluding hydrogens is 452 g/mol. The molecule has 1 amide bonds. The molecule has 0 spiro atoms. The van der Waals surface area contributed by atoms with Crippen molar-refractivity contribution in [3.05, 3.63) is 0 Å². The largest absolute Gasteiger partial charge is 0.379 e. The van der Waals surface area contributed by atoms with Crippen LogP contribution >= 0.6 is 45.2 Å². The van der Waals surface area contributed by atoms with Crippen LogP contribution in [0.4, 0.5) is 4.79 Å². The van der Waals surface area contributed by atoms with Crippen molar-refractivity contribution in [2.45, 2.75) is 6.42 Å². The number of halogens is 2. The second-order valence-electron chi connectivity index (χ2n) is 3.08. The summed E-state index contributed by atoms with van der Waals surface area (Å²) in [6, 6.07) is 0. The summed E-state index contributed by atoms with van der Waals surface area (Å²) in [5.41, 5.74) is 0. The number of carbonyl (C=O) groups is 1. The Balaban J connectivity index is 2.91. The number of hydrogen-bond acceptors (Lipinski definition) is 4. The van der Waals surface area contributed by atoms with Gasteiger partial charge in [-0.3, -0.25) is 4.79 Å². The fourth-order valence-electron chi connectivity index (χ4n) is 0.920. The molecule has 0 saturated carbocycles. The molecule has 0 heterocycles. The Labute approximate surface area is 130 Å². The lowest BCUT2D eigenvalue weighted by atomic mass is 10.5. The second kappa shape index (κ2) is 14.9. The van der Waals surface area contributed by atoms with E-state index in [1.165, 1.54) is 0 Å². The highest BCUT2D eigenvalue weighted by Gasteiger charge is 1.93. The van der Waals surface area contributed by atoms with E-state index in [1.54, 1.807) is 22.6 Å². The van der Waals surface area contributed by atoms with Crippen molar-refractivity contribution in [3.63, 3.8) is 0 Å². The molecule has 102 valence electrons. The van der Waals surface area contributed by atoms with Crippen LogP contribution in [-0.2, 0) is 14.2 Å². The van der Waals surface area contributed by atoms with E-state index >= 15 is 0 Å². The van der Waals surface area contributed by atoms with Gasteiger partial charge >= 0.3 is 0 Å². The summed E-state index contributed by atoms with van der Waals surface area (Å²) < 4.78 is 16.9. The molecule has 0 rings (SSSR count). The molecule has 0 aliphatic heterocycles. The SMILES string of the molecule is O=C(I)NCCOCCOCCOCCCI. The molecule has 5 nitrogen and oxygen atoms in total. The van der Waals surface area contributed by atoms with Crippen LogP contribution < -0.4 is 5.32 Å². The van der Waals surface area contributed by atoms with Gasteiger partial charge in [0.15, 0.2) is 0 Å². The summed E-state index contributed by atoms with van der Waals surface area (Å²) in [7, 11) is 0. The topological polar surface area (TPSA) is 56.8 Å². The van der Waals surface area contributed by atoms with Crippen molar-refractivity contribution in [1.29, 1.82) is 0 Å². The van der Waals surface area contributed by atoms with Crippen LogP contribution in [-0.4, -0.2) is 54.5 Å². The second-order valence-corrected chi connectivity index (χ2v) is 5.14. The molecule has 17 heavy (non-hydrogen) atoms. The Kier molecular flexibility index (Phi) is 15.6. The van der Waals surface area contributed by atoms with Gasteiger partial charge in [0.05, 0.1) is 33.0 Å². The van der Waals surface area contributed by atoms with Crippen LogP contribution in [0.1, 0.15) is 6.42 Å². The van der Waals surface area contributed by atoms with Crippen molar-refractivity contribution in [3.8, 4) is 0 Å². The first kappa shape index (κ1) is 17.8. The molecule has 0 aliphatic carbocycles. The predicted molar refractivity (Wildman–Crippen MR) is 83.4 cm³/mol. The first-order valence-electron chi connectivity index (χ1n) is 5.50. The Bertz CT molecular complexity index is 184. The highest BCUT2D eigenvalue weighted by molar-refractivity contribution is 14.1. The van der Waals surface area contributed by atoms with E-state index in [9.17, 15) is 4.79 Å². The van der Waals surface area contributed by atoms with Crippen LogP contribution in [0.15, 0.2) is 0 Å². The summed E-state index contributed by atoms with van der Waals surface area (Å²) >= 11 is 4.02. The van der Waals surface area contributed by atoms with Gasteiger partial charge in [-0.25, -0.2) is 0 Å². The molecular formula is C10H19I2NO4. The number of ether oxygens (including phenoxy) is 3. The summed E-state index contributed by atoms with van der Waals surface area (Å²) in [6.07, 6.45) is 1.09. The maximum absolute atomic E-state index is 10.5. The fraction of sp³-hybridized carbons (Fsp3) is 0.900. The monoisotopic (exact) mass is 471 g/mol. The van der Waals surface area contributed by atoms with Gasteiger partial charge in [-0.1, -0.05) is 22.6 Å². The number of hydrogen-bond donors (Lipinski definition) is 1. The van der Waals surface area contributed by atoms with Gasteiger partial charge in [-0.15, -0.1) is 0 Å². The molecule has 0 bridgehead atoms. The zero-order valence-corrected chi connectivity index (χ0v) is 14.1. The summed E-state index contributed by atoms with van der Waals surface area (Å²) in [5, 5.41) is 2.64. The van der Waals surface area contributed by atoms with Crippen molar-refractivity contribution in [2.24, 2.45) is 0 Å². The predicted octanol–water partition coefficient (Wildman–Crippen LogP) is 2.01. The molecule has 0 unspecified atom stereocenters. The molecule has 0 atom stereocenters. The minimum absolute atomic E-state index is 0.0638. The molecule has 0 aliphatic rings. The van der Waals surface area contributed by atoms with Crippen LogP contribution in [0.5, 0.6) is 0 Å². The van der Waals surface area contributed by atoms with E-state index in [1.807, 2.05) is 0 Å². The van der Waals surface area contributed by atoms with E-state index < -0.39 is 0 Å². The third-order valence-electron chi connectivity index (χ3n) is 1.68. The van der Waals surface area contributed by atoms with E-state index in [0.717, 1.165) is 17.5 Å². The van der Waals surface area contributed by atoms with Gasteiger partial charge in [0.2, 0.25) is 0 Å². The number of rotatable bonds is 12. The lowest BCUT2D eigenvalue weighted by Crippen LogP contribution is -2.22. The lowest BCUT2D eigenvalue weighted by molar-refractivity contribution is 0.0158. The third-order valence-corrected chi connectivity index (χ3v) is 2.82. The quantitative estimate of drug-likeness (QED) is 0.156. The van der Waals surface area contributed by atoms with Gasteiger partial charge in [0, 0.05) is 40.2 Å². The fourth-order valence-corrected chi connectivity index (χ4v) is 1.50. The summed E-state index contributed by atoms with van der Waals surface area (Å²) in [4.78, 5) is 10.5. The molecule has 0 fully saturated rings. The number of carbonyl (C=O) groups excluding carboxylic acids is 1. The first-order chi connectivity index (χ1) is 8.27. The van der Waals surface area contributed by atoms with Crippen molar-refractivity contribution in [2.75, 3.05) is 50.6 Å². The molecule has 1 N–H and O–H groups in total. The maximum atomic E-state index is 10.5. The highest BCUT2D eigenvalue weighted by atomic mass is 127. The van der Waals surface area contributed by atoms with Gasteiger partial charge in [-0.2, -0.15) is 0 Å². The molecule has 0 aromatic heterocycles. The number of nitrogens with one attached hydrogen (secondary N) is 1. The zero-order valence-electron chi connectivity index (χ0n) is 9.75. The Morgan fingerprint density at radius 1 is 0.941 bits per heavy atom. The minimum Gasteiger partial charge on any atom is -0.379 e. The first-order valence-corrected chi connectivity index (χ1v) is 8.10. The highest BCUT2D eigenvalue weighted by Crippen LogP contribution is 1.89. The Hall–Kier alpha value is 0.810. The van der Waals surface area contributed by atoms with E-state index in [4.69, 9.17) is 14.2 Å². The maximum Gasteiger partial charge on any atom is 0.280 e. The van der Waals surface area contributed by atoms with E-state index in [-0.39, 0.29) is 3.91 Å². The smallest absolute Gasteiger partial charge is 0.280 e.